The molecule has 2 atom stereocenters. The lowest BCUT2D eigenvalue weighted by Gasteiger charge is -2.17. The summed E-state index contributed by atoms with van der Waals surface area (Å²) in [6, 6.07) is 13.3. The summed E-state index contributed by atoms with van der Waals surface area (Å²) in [5.41, 5.74) is 1.94. The minimum absolute atomic E-state index is 0.0119. The molecule has 2 aromatic carbocycles. The molecule has 0 saturated heterocycles. The molecule has 0 aliphatic carbocycles. The van der Waals surface area contributed by atoms with Gasteiger partial charge in [0.05, 0.1) is 33.4 Å². The predicted octanol–water partition coefficient (Wildman–Crippen LogP) is 3.50. The molecular formula is C19H20Cl2N3OS+. The molecular weight excluding hydrogens is 389 g/mol. The second kappa shape index (κ2) is 8.35. The molecule has 3 aromatic rings. The van der Waals surface area contributed by atoms with Crippen molar-refractivity contribution in [1.82, 2.24) is 10.3 Å². The normalized spacial score (nSPS) is 13.5. The fraction of sp³-hybridized carbons (Fsp3) is 0.263. The number of benzene rings is 2. The van der Waals surface area contributed by atoms with E-state index in [1.807, 2.05) is 38.2 Å². The fourth-order valence-electron chi connectivity index (χ4n) is 2.75. The smallest absolute Gasteiger partial charge is 0.275 e. The minimum atomic E-state index is -0.132. The monoisotopic (exact) mass is 408 g/mol. The first kappa shape index (κ1) is 19.1. The van der Waals surface area contributed by atoms with Crippen LogP contribution in [-0.2, 0) is 11.3 Å². The molecule has 0 aliphatic rings. The Morgan fingerprint density at radius 1 is 1.23 bits per heavy atom. The van der Waals surface area contributed by atoms with Crippen molar-refractivity contribution in [3.63, 3.8) is 0 Å². The molecule has 1 unspecified atom stereocenters. The maximum Gasteiger partial charge on any atom is 0.275 e. The van der Waals surface area contributed by atoms with Gasteiger partial charge < -0.3 is 10.2 Å². The Labute approximate surface area is 166 Å². The van der Waals surface area contributed by atoms with Crippen LogP contribution in [-0.4, -0.2) is 24.5 Å². The summed E-state index contributed by atoms with van der Waals surface area (Å²) in [4.78, 5) is 18.1. The number of hydrogen-bond acceptors (Lipinski definition) is 3. The number of nitrogens with zero attached hydrogens (tertiary/aromatic N) is 1. The number of halogens is 2. The molecule has 0 radical (unpaired) electrons. The molecule has 0 aliphatic heterocycles. The molecule has 1 aromatic heterocycles. The number of likely N-dealkylation sites (N-methyl/N-ethyl adjacent to an activating group) is 1. The van der Waals surface area contributed by atoms with Gasteiger partial charge in [0.2, 0.25) is 0 Å². The number of quaternary nitrogens is 1. The van der Waals surface area contributed by atoms with Gasteiger partial charge in [0.25, 0.3) is 5.91 Å². The van der Waals surface area contributed by atoms with Gasteiger partial charge >= 0.3 is 0 Å². The van der Waals surface area contributed by atoms with Crippen LogP contribution in [0.3, 0.4) is 0 Å². The van der Waals surface area contributed by atoms with Crippen LogP contribution >= 0.6 is 34.5 Å². The third kappa shape index (κ3) is 4.74. The number of carbonyl (C=O) groups excluding carboxylic acids is 1. The molecule has 136 valence electrons. The van der Waals surface area contributed by atoms with Gasteiger partial charge in [-0.05, 0) is 36.8 Å². The number of nitrogens with one attached hydrogen (secondary N) is 2. The van der Waals surface area contributed by atoms with E-state index < -0.39 is 0 Å². The number of hydrogen-bond donors (Lipinski definition) is 2. The Morgan fingerprint density at radius 2 is 2.00 bits per heavy atom. The largest absolute Gasteiger partial charge is 0.345 e. The number of aromatic nitrogens is 1. The van der Waals surface area contributed by atoms with Gasteiger partial charge in [-0.15, -0.1) is 11.3 Å². The average molecular weight is 409 g/mol. The number of fused-ring (bicyclic) bond motifs is 1. The Kier molecular flexibility index (Phi) is 6.14. The van der Waals surface area contributed by atoms with Crippen LogP contribution in [0.2, 0.25) is 10.0 Å². The van der Waals surface area contributed by atoms with Gasteiger partial charge in [-0.1, -0.05) is 41.4 Å². The standard InChI is InChI=1S/C19H19Cl2N3OS/c1-12(13-7-8-14(20)15(21)9-13)22-18(25)10-24(2)11-19-23-16-5-3-4-6-17(16)26-19/h3-9,12H,10-11H2,1-2H3,(H,22,25)/p+1/t12-/m1/s1. The quantitative estimate of drug-likeness (QED) is 0.655. The fourth-order valence-corrected chi connectivity index (χ4v) is 4.14. The molecule has 0 saturated carbocycles. The minimum Gasteiger partial charge on any atom is -0.345 e. The van der Waals surface area contributed by atoms with Crippen LogP contribution in [0.25, 0.3) is 10.2 Å². The molecule has 3 rings (SSSR count). The molecule has 1 heterocycles. The van der Waals surface area contributed by atoms with Crippen molar-refractivity contribution in [2.45, 2.75) is 19.5 Å². The average Bonchev–Trinajstić information content (AvgIpc) is 2.98. The summed E-state index contributed by atoms with van der Waals surface area (Å²) >= 11 is 13.7. The second-order valence-electron chi connectivity index (χ2n) is 6.35. The predicted molar refractivity (Wildman–Crippen MR) is 108 cm³/mol. The topological polar surface area (TPSA) is 46.4 Å². The molecule has 4 nitrogen and oxygen atoms in total. The highest BCUT2D eigenvalue weighted by Gasteiger charge is 2.16. The Balaban J connectivity index is 1.55. The van der Waals surface area contributed by atoms with Gasteiger partial charge in [0, 0.05) is 0 Å². The number of amides is 1. The second-order valence-corrected chi connectivity index (χ2v) is 8.28. The van der Waals surface area contributed by atoms with Crippen molar-refractivity contribution < 1.29 is 9.69 Å². The summed E-state index contributed by atoms with van der Waals surface area (Å²) in [7, 11) is 2.00. The van der Waals surface area contributed by atoms with E-state index in [-0.39, 0.29) is 11.9 Å². The lowest BCUT2D eigenvalue weighted by atomic mass is 10.1. The SMILES string of the molecule is C[C@@H](NC(=O)C[NH+](C)Cc1nc2ccccc2s1)c1ccc(Cl)c(Cl)c1. The van der Waals surface area contributed by atoms with E-state index in [2.05, 4.69) is 16.4 Å². The highest BCUT2D eigenvalue weighted by molar-refractivity contribution is 7.18. The number of carbonyl (C=O) groups is 1. The van der Waals surface area contributed by atoms with E-state index >= 15 is 0 Å². The number of para-hydroxylation sites is 1. The van der Waals surface area contributed by atoms with Gasteiger partial charge in [0.1, 0.15) is 11.6 Å². The maximum absolute atomic E-state index is 12.3. The molecule has 1 amide bonds. The van der Waals surface area contributed by atoms with Gasteiger partial charge in [-0.25, -0.2) is 4.98 Å². The Bertz CT molecular complexity index is 895. The van der Waals surface area contributed by atoms with E-state index in [4.69, 9.17) is 23.2 Å². The van der Waals surface area contributed by atoms with E-state index in [0.29, 0.717) is 23.1 Å². The lowest BCUT2D eigenvalue weighted by Crippen LogP contribution is -3.08. The van der Waals surface area contributed by atoms with Gasteiger partial charge in [-0.2, -0.15) is 0 Å². The van der Waals surface area contributed by atoms with Crippen LogP contribution in [0.5, 0.6) is 0 Å². The first-order valence-electron chi connectivity index (χ1n) is 8.32. The number of rotatable bonds is 6. The van der Waals surface area contributed by atoms with Crippen molar-refractivity contribution in [3.05, 3.63) is 63.1 Å². The summed E-state index contributed by atoms with van der Waals surface area (Å²) in [6.07, 6.45) is 0. The molecule has 0 fully saturated rings. The summed E-state index contributed by atoms with van der Waals surface area (Å²) in [5.74, 6) is -0.0119. The van der Waals surface area contributed by atoms with Gasteiger partial charge in [0.15, 0.2) is 6.54 Å². The molecule has 0 bridgehead atoms. The maximum atomic E-state index is 12.3. The lowest BCUT2D eigenvalue weighted by molar-refractivity contribution is -0.885. The molecule has 7 heteroatoms. The van der Waals surface area contributed by atoms with Crippen molar-refractivity contribution in [1.29, 1.82) is 0 Å². The van der Waals surface area contributed by atoms with E-state index in [1.165, 1.54) is 4.70 Å². The van der Waals surface area contributed by atoms with E-state index in [9.17, 15) is 4.79 Å². The summed E-state index contributed by atoms with van der Waals surface area (Å²) in [6.45, 7) is 3.02. The van der Waals surface area contributed by atoms with Crippen LogP contribution in [0.4, 0.5) is 0 Å². The van der Waals surface area contributed by atoms with Crippen molar-refractivity contribution >= 4 is 50.7 Å². The third-order valence-electron chi connectivity index (χ3n) is 4.07. The zero-order chi connectivity index (χ0) is 18.7. The van der Waals surface area contributed by atoms with Crippen LogP contribution in [0.1, 0.15) is 23.5 Å². The first-order chi connectivity index (χ1) is 12.4. The van der Waals surface area contributed by atoms with Crippen molar-refractivity contribution in [2.75, 3.05) is 13.6 Å². The Morgan fingerprint density at radius 3 is 2.73 bits per heavy atom. The summed E-state index contributed by atoms with van der Waals surface area (Å²) in [5, 5.41) is 5.04. The van der Waals surface area contributed by atoms with E-state index in [0.717, 1.165) is 21.0 Å². The number of thiazole rings is 1. The van der Waals surface area contributed by atoms with Crippen LogP contribution < -0.4 is 10.2 Å². The van der Waals surface area contributed by atoms with E-state index in [1.54, 1.807) is 23.5 Å². The van der Waals surface area contributed by atoms with Crippen LogP contribution in [0, 0.1) is 0 Å². The van der Waals surface area contributed by atoms with Gasteiger partial charge in [-0.3, -0.25) is 4.79 Å². The third-order valence-corrected chi connectivity index (χ3v) is 5.85. The Hall–Kier alpha value is -1.66. The molecule has 26 heavy (non-hydrogen) atoms. The van der Waals surface area contributed by atoms with Crippen molar-refractivity contribution in [2.24, 2.45) is 0 Å². The highest BCUT2D eigenvalue weighted by atomic mass is 35.5. The van der Waals surface area contributed by atoms with Crippen LogP contribution in [0.15, 0.2) is 42.5 Å². The summed E-state index contributed by atoms with van der Waals surface area (Å²) < 4.78 is 1.17. The zero-order valence-corrected chi connectivity index (χ0v) is 16.9. The molecule has 2 N–H and O–H groups in total. The molecule has 0 spiro atoms. The highest BCUT2D eigenvalue weighted by Crippen LogP contribution is 2.25. The van der Waals surface area contributed by atoms with Crippen molar-refractivity contribution in [3.8, 4) is 0 Å². The first-order valence-corrected chi connectivity index (χ1v) is 9.89. The zero-order valence-electron chi connectivity index (χ0n) is 14.6.